The van der Waals surface area contributed by atoms with E-state index in [1.165, 1.54) is 23.9 Å². The summed E-state index contributed by atoms with van der Waals surface area (Å²) in [5.74, 6) is 0.206. The minimum absolute atomic E-state index is 0.322. The number of fused-ring (bicyclic) bond motifs is 3. The van der Waals surface area contributed by atoms with E-state index in [0.717, 1.165) is 11.1 Å². The van der Waals surface area contributed by atoms with Crippen LogP contribution in [0.3, 0.4) is 0 Å². The van der Waals surface area contributed by atoms with Gasteiger partial charge in [0.15, 0.2) is 5.65 Å². The Morgan fingerprint density at radius 3 is 2.67 bits per heavy atom. The van der Waals surface area contributed by atoms with Crippen LogP contribution in [-0.4, -0.2) is 20.2 Å². The van der Waals surface area contributed by atoms with Crippen molar-refractivity contribution in [2.45, 2.75) is 10.9 Å². The van der Waals surface area contributed by atoms with Gasteiger partial charge in [-0.25, -0.2) is 9.37 Å². The van der Waals surface area contributed by atoms with Crippen molar-refractivity contribution >= 4 is 57.0 Å². The smallest absolute Gasteiger partial charge is 0.211 e. The summed E-state index contributed by atoms with van der Waals surface area (Å²) in [4.78, 5) is 7.56. The van der Waals surface area contributed by atoms with Crippen LogP contribution in [0.25, 0.3) is 22.1 Å². The van der Waals surface area contributed by atoms with E-state index in [9.17, 15) is 4.39 Å². The first-order chi connectivity index (χ1) is 11.6. The van der Waals surface area contributed by atoms with Gasteiger partial charge in [0.1, 0.15) is 11.3 Å². The lowest BCUT2D eigenvalue weighted by molar-refractivity contribution is 0.630. The molecule has 0 unspecified atom stereocenters. The van der Waals surface area contributed by atoms with Gasteiger partial charge in [-0.1, -0.05) is 41.0 Å². The zero-order valence-electron chi connectivity index (χ0n) is 12.1. The highest BCUT2D eigenvalue weighted by atomic mass is 35.5. The monoisotopic (exact) mass is 378 g/mol. The van der Waals surface area contributed by atoms with Crippen molar-refractivity contribution in [2.24, 2.45) is 0 Å². The highest BCUT2D eigenvalue weighted by molar-refractivity contribution is 7.98. The van der Waals surface area contributed by atoms with Crippen LogP contribution in [0.5, 0.6) is 0 Å². The lowest BCUT2D eigenvalue weighted by Crippen LogP contribution is -1.93. The highest BCUT2D eigenvalue weighted by Crippen LogP contribution is 2.31. The molecule has 120 valence electrons. The van der Waals surface area contributed by atoms with Crippen molar-refractivity contribution in [2.75, 3.05) is 0 Å². The number of aromatic nitrogens is 4. The van der Waals surface area contributed by atoms with Crippen LogP contribution < -0.4 is 0 Å². The molecule has 0 aliphatic rings. The molecule has 0 fully saturated rings. The Kier molecular flexibility index (Phi) is 4.04. The van der Waals surface area contributed by atoms with E-state index in [2.05, 4.69) is 20.2 Å². The van der Waals surface area contributed by atoms with Crippen molar-refractivity contribution < 1.29 is 4.39 Å². The normalized spacial score (nSPS) is 11.5. The van der Waals surface area contributed by atoms with Gasteiger partial charge in [-0.15, -0.1) is 10.2 Å². The average Bonchev–Trinajstić information content (AvgIpc) is 2.91. The summed E-state index contributed by atoms with van der Waals surface area (Å²) >= 11 is 13.7. The Morgan fingerprint density at radius 2 is 1.88 bits per heavy atom. The van der Waals surface area contributed by atoms with Crippen LogP contribution in [0.4, 0.5) is 4.39 Å². The molecule has 24 heavy (non-hydrogen) atoms. The Labute approximate surface area is 150 Å². The number of nitrogens with one attached hydrogen (secondary N) is 1. The lowest BCUT2D eigenvalue weighted by atomic mass is 10.2. The van der Waals surface area contributed by atoms with Gasteiger partial charge in [0.05, 0.1) is 0 Å². The molecule has 0 atom stereocenters. The van der Waals surface area contributed by atoms with E-state index in [0.29, 0.717) is 37.5 Å². The molecule has 0 spiro atoms. The molecule has 0 radical (unpaired) electrons. The molecule has 0 amide bonds. The molecule has 2 aromatic carbocycles. The standard InChI is InChI=1S/C16H9Cl2FN4S/c17-11-2-1-3-12(18)10(11)7-24-16-21-15-14(22-23-16)9-6-8(19)4-5-13(9)20-15/h1-6H,7H2,(H,20,21,23). The average molecular weight is 379 g/mol. The third-order valence-corrected chi connectivity index (χ3v) is 5.14. The van der Waals surface area contributed by atoms with Gasteiger partial charge in [-0.3, -0.25) is 0 Å². The molecule has 0 aliphatic carbocycles. The predicted octanol–water partition coefficient (Wildman–Crippen LogP) is 5.24. The van der Waals surface area contributed by atoms with Crippen LogP contribution in [0, 0.1) is 5.82 Å². The summed E-state index contributed by atoms with van der Waals surface area (Å²) in [6.07, 6.45) is 0. The second-order valence-electron chi connectivity index (χ2n) is 5.10. The summed E-state index contributed by atoms with van der Waals surface area (Å²) < 4.78 is 13.4. The molecule has 2 aromatic heterocycles. The Bertz CT molecular complexity index is 1050. The third-order valence-electron chi connectivity index (χ3n) is 3.56. The molecule has 2 heterocycles. The van der Waals surface area contributed by atoms with Crippen molar-refractivity contribution in [1.29, 1.82) is 0 Å². The number of aromatic amines is 1. The van der Waals surface area contributed by atoms with Crippen molar-refractivity contribution in [3.8, 4) is 0 Å². The fraction of sp³-hybridized carbons (Fsp3) is 0.0625. The van der Waals surface area contributed by atoms with E-state index in [1.54, 1.807) is 24.3 Å². The first-order valence-corrected chi connectivity index (χ1v) is 8.73. The van der Waals surface area contributed by atoms with Gasteiger partial charge in [-0.2, -0.15) is 0 Å². The zero-order valence-corrected chi connectivity index (χ0v) is 14.4. The molecule has 0 saturated heterocycles. The van der Waals surface area contributed by atoms with Crippen molar-refractivity contribution in [3.05, 3.63) is 57.8 Å². The Balaban J connectivity index is 1.67. The van der Waals surface area contributed by atoms with Crippen LogP contribution in [0.2, 0.25) is 10.0 Å². The van der Waals surface area contributed by atoms with Gasteiger partial charge >= 0.3 is 0 Å². The number of halogens is 3. The molecule has 0 bridgehead atoms. The van der Waals surface area contributed by atoms with Crippen LogP contribution in [0.15, 0.2) is 41.6 Å². The van der Waals surface area contributed by atoms with Gasteiger partial charge in [0.2, 0.25) is 5.16 Å². The third kappa shape index (κ3) is 2.81. The molecule has 4 aromatic rings. The second kappa shape index (κ2) is 6.20. The van der Waals surface area contributed by atoms with Gasteiger partial charge in [0.25, 0.3) is 0 Å². The number of H-pyrrole nitrogens is 1. The summed E-state index contributed by atoms with van der Waals surface area (Å²) in [7, 11) is 0. The van der Waals surface area contributed by atoms with Gasteiger partial charge in [0, 0.05) is 26.7 Å². The minimum atomic E-state index is -0.322. The molecule has 0 saturated carbocycles. The van der Waals surface area contributed by atoms with Crippen LogP contribution >= 0.6 is 35.0 Å². The van der Waals surface area contributed by atoms with E-state index >= 15 is 0 Å². The van der Waals surface area contributed by atoms with Gasteiger partial charge < -0.3 is 4.98 Å². The molecular weight excluding hydrogens is 370 g/mol. The van der Waals surface area contributed by atoms with Crippen LogP contribution in [-0.2, 0) is 5.75 Å². The maximum Gasteiger partial charge on any atom is 0.211 e. The first-order valence-electron chi connectivity index (χ1n) is 6.99. The number of nitrogens with zero attached hydrogens (tertiary/aromatic N) is 3. The Hall–Kier alpha value is -1.89. The first kappa shape index (κ1) is 15.6. The zero-order chi connectivity index (χ0) is 16.7. The second-order valence-corrected chi connectivity index (χ2v) is 6.85. The van der Waals surface area contributed by atoms with Crippen LogP contribution in [0.1, 0.15) is 5.56 Å². The largest absolute Gasteiger partial charge is 0.338 e. The summed E-state index contributed by atoms with van der Waals surface area (Å²) in [6, 6.07) is 9.84. The highest BCUT2D eigenvalue weighted by Gasteiger charge is 2.12. The van der Waals surface area contributed by atoms with Gasteiger partial charge in [-0.05, 0) is 35.9 Å². The van der Waals surface area contributed by atoms with Crippen molar-refractivity contribution in [3.63, 3.8) is 0 Å². The summed E-state index contributed by atoms with van der Waals surface area (Å²) in [5, 5.41) is 10.6. The maximum atomic E-state index is 13.4. The molecule has 4 rings (SSSR count). The minimum Gasteiger partial charge on any atom is -0.338 e. The quantitative estimate of drug-likeness (QED) is 0.495. The number of hydrogen-bond donors (Lipinski definition) is 1. The topological polar surface area (TPSA) is 54.5 Å². The number of benzene rings is 2. The SMILES string of the molecule is Fc1ccc2[nH]c3nc(SCc4c(Cl)cccc4Cl)nnc3c2c1. The number of hydrogen-bond acceptors (Lipinski definition) is 4. The van der Waals surface area contributed by atoms with E-state index in [-0.39, 0.29) is 5.82 Å². The fourth-order valence-corrected chi connectivity index (χ4v) is 3.93. The predicted molar refractivity (Wildman–Crippen MR) is 95.2 cm³/mol. The number of rotatable bonds is 3. The molecular formula is C16H9Cl2FN4S. The molecule has 0 aliphatic heterocycles. The maximum absolute atomic E-state index is 13.4. The van der Waals surface area contributed by atoms with E-state index in [1.807, 2.05) is 0 Å². The lowest BCUT2D eigenvalue weighted by Gasteiger charge is -2.05. The van der Waals surface area contributed by atoms with Crippen molar-refractivity contribution in [1.82, 2.24) is 20.2 Å². The Morgan fingerprint density at radius 1 is 1.08 bits per heavy atom. The molecule has 8 heteroatoms. The summed E-state index contributed by atoms with van der Waals surface area (Å²) in [6.45, 7) is 0. The fourth-order valence-electron chi connectivity index (χ4n) is 2.40. The van der Waals surface area contributed by atoms with E-state index in [4.69, 9.17) is 23.2 Å². The summed E-state index contributed by atoms with van der Waals surface area (Å²) in [5.41, 5.74) is 2.71. The number of thioether (sulfide) groups is 1. The molecule has 1 N–H and O–H groups in total. The molecule has 4 nitrogen and oxygen atoms in total. The van der Waals surface area contributed by atoms with E-state index < -0.39 is 0 Å².